The largest absolute Gasteiger partial charge is 0.370 e. The lowest BCUT2D eigenvalue weighted by molar-refractivity contribution is -0.909. The Morgan fingerprint density at radius 2 is 1.79 bits per heavy atom. The summed E-state index contributed by atoms with van der Waals surface area (Å²) in [7, 11) is -0.659. The van der Waals surface area contributed by atoms with Gasteiger partial charge >= 0.3 is 0 Å². The molecular formula is C21H28N3O4S+. The van der Waals surface area contributed by atoms with Crippen LogP contribution in [0.1, 0.15) is 22.0 Å². The molecular weight excluding hydrogens is 390 g/mol. The molecule has 0 aromatic heterocycles. The van der Waals surface area contributed by atoms with Crippen molar-refractivity contribution in [1.29, 1.82) is 0 Å². The first kappa shape index (κ1) is 21.4. The smallest absolute Gasteiger partial charge is 0.252 e. The number of morpholine rings is 1. The van der Waals surface area contributed by atoms with Gasteiger partial charge in [-0.15, -0.1) is 0 Å². The molecule has 1 fully saturated rings. The van der Waals surface area contributed by atoms with Gasteiger partial charge in [-0.3, -0.25) is 4.79 Å². The molecule has 3 rings (SSSR count). The quantitative estimate of drug-likeness (QED) is 0.679. The van der Waals surface area contributed by atoms with Gasteiger partial charge in [-0.1, -0.05) is 36.4 Å². The van der Waals surface area contributed by atoms with Crippen LogP contribution in [-0.2, 0) is 14.8 Å². The lowest BCUT2D eigenvalue weighted by Crippen LogP contribution is -3.14. The Labute approximate surface area is 172 Å². The molecule has 0 saturated carbocycles. The van der Waals surface area contributed by atoms with Crippen LogP contribution in [0.5, 0.6) is 0 Å². The first-order valence-corrected chi connectivity index (χ1v) is 11.1. The van der Waals surface area contributed by atoms with E-state index < -0.39 is 10.0 Å². The number of nitrogens with zero attached hydrogens (tertiary/aromatic N) is 1. The molecule has 0 aliphatic carbocycles. The molecule has 1 atom stereocenters. The number of rotatable bonds is 7. The van der Waals surface area contributed by atoms with Crippen molar-refractivity contribution in [3.63, 3.8) is 0 Å². The molecule has 156 valence electrons. The molecule has 29 heavy (non-hydrogen) atoms. The molecule has 1 aliphatic rings. The molecule has 2 aromatic rings. The van der Waals surface area contributed by atoms with Crippen LogP contribution in [0.15, 0.2) is 59.5 Å². The summed E-state index contributed by atoms with van der Waals surface area (Å²) >= 11 is 0. The summed E-state index contributed by atoms with van der Waals surface area (Å²) < 4.78 is 31.4. The minimum Gasteiger partial charge on any atom is -0.370 e. The van der Waals surface area contributed by atoms with E-state index in [2.05, 4.69) is 5.32 Å². The summed E-state index contributed by atoms with van der Waals surface area (Å²) in [4.78, 5) is 14.4. The summed E-state index contributed by atoms with van der Waals surface area (Å²) in [6, 6.07) is 15.8. The zero-order chi connectivity index (χ0) is 20.9. The summed E-state index contributed by atoms with van der Waals surface area (Å²) in [5, 5.41) is 3.10. The maximum atomic E-state index is 13.0. The number of hydrogen-bond acceptors (Lipinski definition) is 4. The second-order valence-electron chi connectivity index (χ2n) is 7.32. The van der Waals surface area contributed by atoms with Gasteiger partial charge in [-0.2, -0.15) is 0 Å². The van der Waals surface area contributed by atoms with Crippen molar-refractivity contribution >= 4 is 15.9 Å². The monoisotopic (exact) mass is 418 g/mol. The van der Waals surface area contributed by atoms with Gasteiger partial charge in [-0.05, 0) is 23.8 Å². The maximum Gasteiger partial charge on any atom is 0.252 e. The number of carbonyl (C=O) groups is 1. The van der Waals surface area contributed by atoms with E-state index in [-0.39, 0.29) is 16.8 Å². The number of benzene rings is 2. The Hall–Kier alpha value is -2.26. The SMILES string of the molecule is CN(C)S(=O)(=O)c1cccc(C(=O)N[C@@H](C[NH+]2CCOCC2)c2ccccc2)c1. The zero-order valence-electron chi connectivity index (χ0n) is 16.8. The number of quaternary nitrogens is 1. The minimum absolute atomic E-state index is 0.102. The zero-order valence-corrected chi connectivity index (χ0v) is 17.6. The first-order chi connectivity index (χ1) is 13.9. The summed E-state index contributed by atoms with van der Waals surface area (Å²) in [5.74, 6) is -0.290. The second-order valence-corrected chi connectivity index (χ2v) is 9.47. The molecule has 1 saturated heterocycles. The predicted molar refractivity (Wildman–Crippen MR) is 110 cm³/mol. The Morgan fingerprint density at radius 1 is 1.10 bits per heavy atom. The summed E-state index contributed by atoms with van der Waals surface area (Å²) in [6.45, 7) is 3.98. The minimum atomic E-state index is -3.60. The normalized spacial score (nSPS) is 16.5. The van der Waals surface area contributed by atoms with E-state index in [4.69, 9.17) is 4.74 Å². The number of amides is 1. The Balaban J connectivity index is 1.81. The van der Waals surface area contributed by atoms with Crippen LogP contribution in [0.3, 0.4) is 0 Å². The van der Waals surface area contributed by atoms with E-state index in [1.165, 1.54) is 31.1 Å². The second kappa shape index (κ2) is 9.49. The molecule has 0 unspecified atom stereocenters. The van der Waals surface area contributed by atoms with Crippen molar-refractivity contribution in [2.75, 3.05) is 46.9 Å². The Kier molecular flexibility index (Phi) is 7.02. The van der Waals surface area contributed by atoms with E-state index in [1.807, 2.05) is 30.3 Å². The number of ether oxygens (including phenoxy) is 1. The first-order valence-electron chi connectivity index (χ1n) is 9.67. The molecule has 2 N–H and O–H groups in total. The van der Waals surface area contributed by atoms with Crippen LogP contribution in [0.2, 0.25) is 0 Å². The van der Waals surface area contributed by atoms with Crippen LogP contribution in [-0.4, -0.2) is 65.6 Å². The van der Waals surface area contributed by atoms with Crippen LogP contribution in [0, 0.1) is 0 Å². The number of hydrogen-bond donors (Lipinski definition) is 2. The third-order valence-electron chi connectivity index (χ3n) is 5.07. The summed E-state index contributed by atoms with van der Waals surface area (Å²) in [6.07, 6.45) is 0. The van der Waals surface area contributed by atoms with Gasteiger partial charge in [0.2, 0.25) is 10.0 Å². The van der Waals surface area contributed by atoms with Crippen molar-refractivity contribution in [2.45, 2.75) is 10.9 Å². The number of nitrogens with one attached hydrogen (secondary N) is 2. The van der Waals surface area contributed by atoms with E-state index in [0.717, 1.165) is 42.7 Å². The molecule has 1 aliphatic heterocycles. The third kappa shape index (κ3) is 5.42. The predicted octanol–water partition coefficient (Wildman–Crippen LogP) is 0.323. The van der Waals surface area contributed by atoms with Crippen molar-refractivity contribution in [2.24, 2.45) is 0 Å². The third-order valence-corrected chi connectivity index (χ3v) is 6.89. The van der Waals surface area contributed by atoms with Crippen LogP contribution >= 0.6 is 0 Å². The fraction of sp³-hybridized carbons (Fsp3) is 0.381. The van der Waals surface area contributed by atoms with Gasteiger partial charge < -0.3 is 15.0 Å². The maximum absolute atomic E-state index is 13.0. The topological polar surface area (TPSA) is 80.2 Å². The summed E-state index contributed by atoms with van der Waals surface area (Å²) in [5.41, 5.74) is 1.35. The van der Waals surface area contributed by atoms with E-state index in [1.54, 1.807) is 12.1 Å². The highest BCUT2D eigenvalue weighted by atomic mass is 32.2. The van der Waals surface area contributed by atoms with Crippen molar-refractivity contribution in [1.82, 2.24) is 9.62 Å². The van der Waals surface area contributed by atoms with Crippen molar-refractivity contribution < 1.29 is 22.8 Å². The standard InChI is InChI=1S/C21H27N3O4S/c1-23(2)29(26,27)19-10-6-9-18(15-19)21(25)22-20(17-7-4-3-5-8-17)16-24-11-13-28-14-12-24/h3-10,15,20H,11-14,16H2,1-2H3,(H,22,25)/p+1/t20-/m0/s1. The van der Waals surface area contributed by atoms with E-state index >= 15 is 0 Å². The molecule has 2 aromatic carbocycles. The van der Waals surface area contributed by atoms with Crippen LogP contribution in [0.25, 0.3) is 0 Å². The van der Waals surface area contributed by atoms with Gasteiger partial charge in [0.1, 0.15) is 25.7 Å². The van der Waals surface area contributed by atoms with Gasteiger partial charge in [0.25, 0.3) is 5.91 Å². The highest BCUT2D eigenvalue weighted by Gasteiger charge is 2.24. The van der Waals surface area contributed by atoms with Gasteiger partial charge in [0, 0.05) is 19.7 Å². The number of sulfonamides is 1. The highest BCUT2D eigenvalue weighted by Crippen LogP contribution is 2.17. The molecule has 0 spiro atoms. The van der Waals surface area contributed by atoms with Crippen molar-refractivity contribution in [3.05, 3.63) is 65.7 Å². The van der Waals surface area contributed by atoms with Crippen molar-refractivity contribution in [3.8, 4) is 0 Å². The Morgan fingerprint density at radius 3 is 2.45 bits per heavy atom. The van der Waals surface area contributed by atoms with Gasteiger partial charge in [0.15, 0.2) is 0 Å². The van der Waals surface area contributed by atoms with E-state index in [9.17, 15) is 13.2 Å². The molecule has 1 heterocycles. The highest BCUT2D eigenvalue weighted by molar-refractivity contribution is 7.89. The fourth-order valence-electron chi connectivity index (χ4n) is 3.34. The molecule has 1 amide bonds. The number of carbonyl (C=O) groups excluding carboxylic acids is 1. The fourth-order valence-corrected chi connectivity index (χ4v) is 4.29. The van der Waals surface area contributed by atoms with Crippen LogP contribution in [0.4, 0.5) is 0 Å². The lowest BCUT2D eigenvalue weighted by Gasteiger charge is -2.28. The molecule has 8 heteroatoms. The molecule has 0 bridgehead atoms. The average molecular weight is 419 g/mol. The average Bonchev–Trinajstić information content (AvgIpc) is 2.74. The Bertz CT molecular complexity index is 926. The van der Waals surface area contributed by atoms with E-state index in [0.29, 0.717) is 5.56 Å². The van der Waals surface area contributed by atoms with Crippen LogP contribution < -0.4 is 10.2 Å². The molecule has 7 nitrogen and oxygen atoms in total. The van der Waals surface area contributed by atoms with Gasteiger partial charge in [0.05, 0.1) is 18.1 Å². The molecule has 0 radical (unpaired) electrons. The lowest BCUT2D eigenvalue weighted by atomic mass is 10.1. The van der Waals surface area contributed by atoms with Gasteiger partial charge in [-0.25, -0.2) is 12.7 Å².